The maximum absolute atomic E-state index is 12.8. The molecular weight excluding hydrogens is 402 g/mol. The van der Waals surface area contributed by atoms with Crippen LogP contribution >= 0.6 is 11.6 Å². The van der Waals surface area contributed by atoms with Gasteiger partial charge in [0.2, 0.25) is 0 Å². The number of aromatic nitrogens is 2. The summed E-state index contributed by atoms with van der Waals surface area (Å²) in [7, 11) is 0. The van der Waals surface area contributed by atoms with Gasteiger partial charge in [-0.3, -0.25) is 19.6 Å². The number of fused-ring (bicyclic) bond motifs is 2. The van der Waals surface area contributed by atoms with Gasteiger partial charge in [-0.25, -0.2) is 4.99 Å². The average Bonchev–Trinajstić information content (AvgIpc) is 3.32. The van der Waals surface area contributed by atoms with Crippen LogP contribution in [-0.2, 0) is 0 Å². The van der Waals surface area contributed by atoms with Gasteiger partial charge in [-0.15, -0.1) is 0 Å². The maximum Gasteiger partial charge on any atom is 0.261 e. The van der Waals surface area contributed by atoms with Gasteiger partial charge in [-0.2, -0.15) is 10.4 Å². The van der Waals surface area contributed by atoms with Gasteiger partial charge in [0.25, 0.3) is 11.8 Å². The highest BCUT2D eigenvalue weighted by Gasteiger charge is 2.41. The summed E-state index contributed by atoms with van der Waals surface area (Å²) >= 11 is 6.44. The molecule has 0 saturated heterocycles. The molecule has 1 N–H and O–H groups in total. The van der Waals surface area contributed by atoms with Gasteiger partial charge in [-0.1, -0.05) is 41.9 Å². The second-order valence-electron chi connectivity index (χ2n) is 7.13. The fourth-order valence-electron chi connectivity index (χ4n) is 4.09. The number of carbonyl (C=O) groups excluding carboxylic acids is 2. The molecule has 2 aliphatic heterocycles. The summed E-state index contributed by atoms with van der Waals surface area (Å²) in [5.74, 6) is -1.41. The number of nitriles is 1. The van der Waals surface area contributed by atoms with Crippen LogP contribution in [0.5, 0.6) is 0 Å². The number of aliphatic imine (C=N–C) groups is 1. The van der Waals surface area contributed by atoms with Crippen LogP contribution in [0, 0.1) is 17.2 Å². The molecule has 1 aromatic heterocycles. The summed E-state index contributed by atoms with van der Waals surface area (Å²) in [4.78, 5) is 31.3. The van der Waals surface area contributed by atoms with E-state index in [9.17, 15) is 14.9 Å². The number of imide groups is 1. The van der Waals surface area contributed by atoms with Gasteiger partial charge in [0.1, 0.15) is 0 Å². The van der Waals surface area contributed by atoms with E-state index in [1.807, 2.05) is 18.2 Å². The van der Waals surface area contributed by atoms with Gasteiger partial charge in [-0.05, 0) is 23.8 Å². The molecule has 0 spiro atoms. The van der Waals surface area contributed by atoms with Crippen LogP contribution < -0.4 is 0 Å². The Kier molecular flexibility index (Phi) is 4.23. The van der Waals surface area contributed by atoms with Crippen molar-refractivity contribution in [2.75, 3.05) is 6.54 Å². The van der Waals surface area contributed by atoms with E-state index in [1.54, 1.807) is 36.5 Å². The minimum Gasteiger partial charge on any atom is -0.269 e. The first-order valence-corrected chi connectivity index (χ1v) is 9.68. The first kappa shape index (κ1) is 18.3. The highest BCUT2D eigenvalue weighted by atomic mass is 35.5. The number of hydrogen-bond donors (Lipinski definition) is 1. The number of halogens is 1. The van der Waals surface area contributed by atoms with E-state index in [0.717, 1.165) is 16.0 Å². The Morgan fingerprint density at radius 1 is 1.03 bits per heavy atom. The summed E-state index contributed by atoms with van der Waals surface area (Å²) in [5, 5.41) is 17.5. The molecular formula is C22H14ClN5O2. The van der Waals surface area contributed by atoms with E-state index in [4.69, 9.17) is 11.6 Å². The summed E-state index contributed by atoms with van der Waals surface area (Å²) in [5.41, 5.74) is 2.65. The van der Waals surface area contributed by atoms with Crippen LogP contribution in [0.3, 0.4) is 0 Å². The van der Waals surface area contributed by atoms with E-state index in [1.165, 1.54) is 0 Å². The van der Waals surface area contributed by atoms with Gasteiger partial charge >= 0.3 is 0 Å². The Hall–Kier alpha value is -3.76. The van der Waals surface area contributed by atoms with Gasteiger partial charge in [0, 0.05) is 16.5 Å². The number of benzene rings is 2. The van der Waals surface area contributed by atoms with Crippen molar-refractivity contribution in [2.24, 2.45) is 10.9 Å². The number of carbonyl (C=O) groups is 2. The van der Waals surface area contributed by atoms with Crippen LogP contribution in [0.25, 0.3) is 0 Å². The molecule has 0 bridgehead atoms. The second-order valence-corrected chi connectivity index (χ2v) is 7.53. The van der Waals surface area contributed by atoms with E-state index >= 15 is 0 Å². The predicted octanol–water partition coefficient (Wildman–Crippen LogP) is 3.72. The number of aromatic amines is 1. The van der Waals surface area contributed by atoms with E-state index in [-0.39, 0.29) is 18.4 Å². The van der Waals surface area contributed by atoms with E-state index in [2.05, 4.69) is 21.3 Å². The van der Waals surface area contributed by atoms with Crippen LogP contribution in [-0.4, -0.2) is 39.2 Å². The average molecular weight is 416 g/mol. The Morgan fingerprint density at radius 2 is 1.70 bits per heavy atom. The Labute approximate surface area is 176 Å². The highest BCUT2D eigenvalue weighted by Crippen LogP contribution is 2.43. The lowest BCUT2D eigenvalue weighted by Gasteiger charge is -2.29. The Bertz CT molecular complexity index is 1240. The van der Waals surface area contributed by atoms with Crippen LogP contribution in [0.1, 0.15) is 37.8 Å². The highest BCUT2D eigenvalue weighted by molar-refractivity contribution is 6.31. The molecule has 8 heteroatoms. The molecule has 5 rings (SSSR count). The monoisotopic (exact) mass is 415 g/mol. The van der Waals surface area contributed by atoms with Crippen molar-refractivity contribution in [3.8, 4) is 6.07 Å². The van der Waals surface area contributed by atoms with Crippen molar-refractivity contribution in [1.29, 1.82) is 5.26 Å². The molecule has 2 aromatic carbocycles. The zero-order valence-electron chi connectivity index (χ0n) is 15.5. The Morgan fingerprint density at radius 3 is 2.37 bits per heavy atom. The lowest BCUT2D eigenvalue weighted by molar-refractivity contribution is 0.0676. The van der Waals surface area contributed by atoms with Crippen LogP contribution in [0.15, 0.2) is 59.7 Å². The van der Waals surface area contributed by atoms with Gasteiger partial charge in [0.15, 0.2) is 5.82 Å². The molecule has 2 amide bonds. The lowest BCUT2D eigenvalue weighted by atomic mass is 9.78. The van der Waals surface area contributed by atoms with Gasteiger partial charge in [0.05, 0.1) is 41.6 Å². The number of hydrogen-bond acceptors (Lipinski definition) is 5. The van der Waals surface area contributed by atoms with Crippen molar-refractivity contribution >= 4 is 34.9 Å². The van der Waals surface area contributed by atoms with E-state index < -0.39 is 11.8 Å². The number of nitrogens with zero attached hydrogens (tertiary/aromatic N) is 4. The molecule has 2 unspecified atom stereocenters. The van der Waals surface area contributed by atoms with Gasteiger partial charge < -0.3 is 0 Å². The minimum absolute atomic E-state index is 0.0794. The third kappa shape index (κ3) is 2.65. The predicted molar refractivity (Wildman–Crippen MR) is 110 cm³/mol. The third-order valence-electron chi connectivity index (χ3n) is 5.51. The summed E-state index contributed by atoms with van der Waals surface area (Å²) in [6.07, 6.45) is 1.63. The summed E-state index contributed by atoms with van der Waals surface area (Å²) in [6.45, 7) is -0.0794. The Balaban J connectivity index is 1.57. The molecule has 3 heterocycles. The largest absolute Gasteiger partial charge is 0.269 e. The smallest absolute Gasteiger partial charge is 0.261 e. The molecule has 2 aliphatic rings. The van der Waals surface area contributed by atoms with Crippen molar-refractivity contribution in [3.05, 3.63) is 82.0 Å². The molecule has 7 nitrogen and oxygen atoms in total. The molecule has 0 radical (unpaired) electrons. The number of nitrogens with one attached hydrogen (secondary N) is 1. The first-order valence-electron chi connectivity index (χ1n) is 9.30. The topological polar surface area (TPSA) is 102 Å². The lowest BCUT2D eigenvalue weighted by Crippen LogP contribution is -2.39. The number of rotatable bonds is 3. The fraction of sp³-hybridized carbons (Fsp3) is 0.136. The normalized spacial score (nSPS) is 19.9. The molecule has 0 fully saturated rings. The quantitative estimate of drug-likeness (QED) is 0.658. The van der Waals surface area contributed by atoms with Crippen molar-refractivity contribution < 1.29 is 9.59 Å². The minimum atomic E-state index is -0.709. The first-order chi connectivity index (χ1) is 14.6. The molecule has 0 aliphatic carbocycles. The fourth-order valence-corrected chi connectivity index (χ4v) is 4.35. The molecule has 2 atom stereocenters. The van der Waals surface area contributed by atoms with Crippen molar-refractivity contribution in [3.63, 3.8) is 0 Å². The number of amides is 2. The summed E-state index contributed by atoms with van der Waals surface area (Å²) in [6, 6.07) is 16.3. The van der Waals surface area contributed by atoms with E-state index in [0.29, 0.717) is 27.7 Å². The maximum atomic E-state index is 12.8. The van der Waals surface area contributed by atoms with Crippen molar-refractivity contribution in [2.45, 2.75) is 5.92 Å². The zero-order valence-corrected chi connectivity index (χ0v) is 16.3. The number of H-pyrrole nitrogens is 1. The SMILES string of the molecule is N#CC1C(CN2C(=O)c3ccccc3C2=O)=Nc2[nH]ncc2C1c1ccccc1Cl. The molecule has 0 saturated carbocycles. The van der Waals surface area contributed by atoms with Crippen molar-refractivity contribution in [1.82, 2.24) is 15.1 Å². The van der Waals surface area contributed by atoms with Crippen LogP contribution in [0.4, 0.5) is 5.82 Å². The van der Waals surface area contributed by atoms with Crippen LogP contribution in [0.2, 0.25) is 5.02 Å². The summed E-state index contributed by atoms with van der Waals surface area (Å²) < 4.78 is 0. The second kappa shape index (κ2) is 6.94. The molecule has 3 aromatic rings. The molecule has 30 heavy (non-hydrogen) atoms. The zero-order chi connectivity index (χ0) is 20.8. The standard InChI is InChI=1S/C22H14ClN5O2/c23-17-8-4-3-7-14(17)19-15(9-24)18(26-20-16(19)10-25-27-20)11-28-21(29)12-5-1-2-6-13(12)22(28)30/h1-8,10,15,19H,11H2,(H,25,27). The third-order valence-corrected chi connectivity index (χ3v) is 5.85. The molecule has 146 valence electrons.